The van der Waals surface area contributed by atoms with Crippen LogP contribution in [0.5, 0.6) is 0 Å². The van der Waals surface area contributed by atoms with E-state index in [1.807, 2.05) is 0 Å². The summed E-state index contributed by atoms with van der Waals surface area (Å²) in [6.07, 6.45) is 8.12. The van der Waals surface area contributed by atoms with Gasteiger partial charge in [-0.25, -0.2) is 4.98 Å². The fourth-order valence-corrected chi connectivity index (χ4v) is 1.04. The molecule has 0 amide bonds. The van der Waals surface area contributed by atoms with Crippen molar-refractivity contribution in [2.24, 2.45) is 0 Å². The standard InChI is InChI=1S/C9H12N2O2/c12-7-3-1-2-4-9(13)11-6-5-10-8-11/h5-8H,1-4H2. The monoisotopic (exact) mass is 180 g/mol. The second kappa shape index (κ2) is 5.24. The van der Waals surface area contributed by atoms with Gasteiger partial charge >= 0.3 is 0 Å². The minimum Gasteiger partial charge on any atom is -0.303 e. The number of hydrogen-bond donors (Lipinski definition) is 0. The van der Waals surface area contributed by atoms with E-state index in [0.717, 1.165) is 19.1 Å². The molecule has 0 aliphatic carbocycles. The van der Waals surface area contributed by atoms with Gasteiger partial charge in [-0.2, -0.15) is 0 Å². The zero-order chi connectivity index (χ0) is 9.52. The summed E-state index contributed by atoms with van der Waals surface area (Å²) in [5, 5.41) is 0. The maximum atomic E-state index is 11.3. The van der Waals surface area contributed by atoms with Gasteiger partial charge in [-0.1, -0.05) is 0 Å². The zero-order valence-electron chi connectivity index (χ0n) is 7.35. The Bertz CT molecular complexity index is 267. The van der Waals surface area contributed by atoms with E-state index in [-0.39, 0.29) is 5.91 Å². The first-order valence-electron chi connectivity index (χ1n) is 4.29. The van der Waals surface area contributed by atoms with Crippen LogP contribution in [0.25, 0.3) is 0 Å². The minimum absolute atomic E-state index is 0.0309. The van der Waals surface area contributed by atoms with E-state index in [4.69, 9.17) is 0 Å². The van der Waals surface area contributed by atoms with E-state index in [1.165, 1.54) is 10.9 Å². The second-order valence-corrected chi connectivity index (χ2v) is 2.78. The molecule has 70 valence electrons. The molecule has 0 aromatic carbocycles. The van der Waals surface area contributed by atoms with Crippen molar-refractivity contribution in [1.82, 2.24) is 9.55 Å². The van der Waals surface area contributed by atoms with E-state index >= 15 is 0 Å². The summed E-state index contributed by atoms with van der Waals surface area (Å²) in [6, 6.07) is 0. The molecule has 1 aromatic heterocycles. The highest BCUT2D eigenvalue weighted by molar-refractivity contribution is 5.78. The highest BCUT2D eigenvalue weighted by Crippen LogP contribution is 2.00. The van der Waals surface area contributed by atoms with Crippen molar-refractivity contribution in [2.45, 2.75) is 25.7 Å². The summed E-state index contributed by atoms with van der Waals surface area (Å²) < 4.78 is 1.46. The molecule has 0 aliphatic rings. The summed E-state index contributed by atoms with van der Waals surface area (Å²) in [5.74, 6) is 0.0309. The lowest BCUT2D eigenvalue weighted by Crippen LogP contribution is -2.07. The van der Waals surface area contributed by atoms with Crippen molar-refractivity contribution in [3.8, 4) is 0 Å². The van der Waals surface area contributed by atoms with Crippen molar-refractivity contribution in [3.63, 3.8) is 0 Å². The Morgan fingerprint density at radius 2 is 2.31 bits per heavy atom. The predicted octanol–water partition coefficient (Wildman–Crippen LogP) is 1.28. The summed E-state index contributed by atoms with van der Waals surface area (Å²) in [4.78, 5) is 25.1. The maximum Gasteiger partial charge on any atom is 0.231 e. The SMILES string of the molecule is O=CCCCCC(=O)n1ccnc1. The Kier molecular flexibility index (Phi) is 3.88. The Hall–Kier alpha value is -1.45. The summed E-state index contributed by atoms with van der Waals surface area (Å²) in [5.41, 5.74) is 0. The molecule has 0 saturated carbocycles. The molecule has 0 spiro atoms. The number of carbonyl (C=O) groups excluding carboxylic acids is 2. The van der Waals surface area contributed by atoms with Gasteiger partial charge in [0.1, 0.15) is 12.6 Å². The molecule has 1 heterocycles. The highest BCUT2D eigenvalue weighted by atomic mass is 16.2. The summed E-state index contributed by atoms with van der Waals surface area (Å²) in [7, 11) is 0. The van der Waals surface area contributed by atoms with Crippen LogP contribution in [0.1, 0.15) is 30.5 Å². The van der Waals surface area contributed by atoms with Gasteiger partial charge in [-0.05, 0) is 12.8 Å². The van der Waals surface area contributed by atoms with E-state index in [0.29, 0.717) is 12.8 Å². The number of hydrogen-bond acceptors (Lipinski definition) is 3. The van der Waals surface area contributed by atoms with Crippen LogP contribution < -0.4 is 0 Å². The fourth-order valence-electron chi connectivity index (χ4n) is 1.04. The molecule has 0 atom stereocenters. The van der Waals surface area contributed by atoms with Crippen LogP contribution in [0.15, 0.2) is 18.7 Å². The van der Waals surface area contributed by atoms with Crippen molar-refractivity contribution in [3.05, 3.63) is 18.7 Å². The maximum absolute atomic E-state index is 11.3. The van der Waals surface area contributed by atoms with Gasteiger partial charge in [0, 0.05) is 25.2 Å². The molecule has 4 nitrogen and oxygen atoms in total. The lowest BCUT2D eigenvalue weighted by molar-refractivity contribution is -0.107. The Morgan fingerprint density at radius 3 is 2.92 bits per heavy atom. The minimum atomic E-state index is 0.0309. The summed E-state index contributed by atoms with van der Waals surface area (Å²) in [6.45, 7) is 0. The van der Waals surface area contributed by atoms with Crippen molar-refractivity contribution < 1.29 is 9.59 Å². The molecule has 4 heteroatoms. The van der Waals surface area contributed by atoms with Gasteiger partial charge in [-0.15, -0.1) is 0 Å². The lowest BCUT2D eigenvalue weighted by atomic mass is 10.2. The van der Waals surface area contributed by atoms with E-state index in [2.05, 4.69) is 4.98 Å². The average molecular weight is 180 g/mol. The Labute approximate surface area is 76.6 Å². The van der Waals surface area contributed by atoms with Crippen LogP contribution in [-0.2, 0) is 4.79 Å². The van der Waals surface area contributed by atoms with Crippen LogP contribution in [0.2, 0.25) is 0 Å². The smallest absolute Gasteiger partial charge is 0.231 e. The molecule has 0 fully saturated rings. The van der Waals surface area contributed by atoms with Gasteiger partial charge in [0.15, 0.2) is 0 Å². The van der Waals surface area contributed by atoms with Crippen molar-refractivity contribution in [1.29, 1.82) is 0 Å². The lowest BCUT2D eigenvalue weighted by Gasteiger charge is -1.98. The predicted molar refractivity (Wildman–Crippen MR) is 47.4 cm³/mol. The molecule has 0 radical (unpaired) electrons. The molecular formula is C9H12N2O2. The Morgan fingerprint density at radius 1 is 1.46 bits per heavy atom. The molecular weight excluding hydrogens is 168 g/mol. The van der Waals surface area contributed by atoms with Crippen molar-refractivity contribution in [2.75, 3.05) is 0 Å². The molecule has 0 saturated heterocycles. The first-order chi connectivity index (χ1) is 6.34. The molecule has 13 heavy (non-hydrogen) atoms. The summed E-state index contributed by atoms with van der Waals surface area (Å²) >= 11 is 0. The molecule has 0 bridgehead atoms. The van der Waals surface area contributed by atoms with Crippen LogP contribution in [0.3, 0.4) is 0 Å². The van der Waals surface area contributed by atoms with Gasteiger partial charge < -0.3 is 4.79 Å². The van der Waals surface area contributed by atoms with Crippen molar-refractivity contribution >= 4 is 12.2 Å². The number of imidazole rings is 1. The average Bonchev–Trinajstić information content (AvgIpc) is 2.65. The number of aldehydes is 1. The third-order valence-electron chi connectivity index (χ3n) is 1.76. The first-order valence-corrected chi connectivity index (χ1v) is 4.29. The number of carbonyl (C=O) groups is 2. The van der Waals surface area contributed by atoms with Gasteiger partial charge in [0.25, 0.3) is 0 Å². The first kappa shape index (κ1) is 9.64. The molecule has 0 aliphatic heterocycles. The van der Waals surface area contributed by atoms with Crippen LogP contribution in [-0.4, -0.2) is 21.7 Å². The molecule has 1 rings (SSSR count). The number of unbranched alkanes of at least 4 members (excludes halogenated alkanes) is 2. The van der Waals surface area contributed by atoms with Gasteiger partial charge in [0.2, 0.25) is 5.91 Å². The quantitative estimate of drug-likeness (QED) is 0.506. The Balaban J connectivity index is 2.23. The third kappa shape index (κ3) is 3.19. The normalized spacial score (nSPS) is 9.85. The zero-order valence-corrected chi connectivity index (χ0v) is 7.35. The van der Waals surface area contributed by atoms with Crippen LogP contribution in [0, 0.1) is 0 Å². The van der Waals surface area contributed by atoms with Gasteiger partial charge in [0.05, 0.1) is 0 Å². The van der Waals surface area contributed by atoms with E-state index < -0.39 is 0 Å². The van der Waals surface area contributed by atoms with E-state index in [1.54, 1.807) is 12.4 Å². The number of rotatable bonds is 5. The third-order valence-corrected chi connectivity index (χ3v) is 1.76. The second-order valence-electron chi connectivity index (χ2n) is 2.78. The van der Waals surface area contributed by atoms with E-state index in [9.17, 15) is 9.59 Å². The molecule has 0 unspecified atom stereocenters. The number of nitrogens with zero attached hydrogens (tertiary/aromatic N) is 2. The fraction of sp³-hybridized carbons (Fsp3) is 0.444. The topological polar surface area (TPSA) is 52.0 Å². The molecule has 1 aromatic rings. The molecule has 0 N–H and O–H groups in total. The highest BCUT2D eigenvalue weighted by Gasteiger charge is 2.02. The van der Waals surface area contributed by atoms with Gasteiger partial charge in [-0.3, -0.25) is 9.36 Å². The van der Waals surface area contributed by atoms with Crippen LogP contribution in [0.4, 0.5) is 0 Å². The number of aromatic nitrogens is 2. The largest absolute Gasteiger partial charge is 0.303 e. The van der Waals surface area contributed by atoms with Crippen LogP contribution >= 0.6 is 0 Å².